The summed E-state index contributed by atoms with van der Waals surface area (Å²) in [6.45, 7) is 3.92. The number of primary amides is 1. The number of thiophene rings is 1. The second-order valence-corrected chi connectivity index (χ2v) is 7.21. The Bertz CT molecular complexity index is 772. The lowest BCUT2D eigenvalue weighted by molar-refractivity contribution is 0.100. The predicted molar refractivity (Wildman–Crippen MR) is 93.3 cm³/mol. The van der Waals surface area contributed by atoms with E-state index < -0.39 is 5.91 Å². The van der Waals surface area contributed by atoms with Crippen LogP contribution >= 0.6 is 11.3 Å². The molecule has 1 aliphatic carbocycles. The summed E-state index contributed by atoms with van der Waals surface area (Å²) in [6.07, 6.45) is 4.01. The summed E-state index contributed by atoms with van der Waals surface area (Å²) >= 11 is 1.49. The normalized spacial score (nSPS) is 13.5. The zero-order valence-electron chi connectivity index (χ0n) is 13.4. The smallest absolute Gasteiger partial charge is 0.256 e. The Kier molecular flexibility index (Phi) is 4.22. The fraction of sp³-hybridized carbons (Fsp3) is 0.333. The lowest BCUT2D eigenvalue weighted by Crippen LogP contribution is -2.18. The van der Waals surface area contributed by atoms with Gasteiger partial charge in [0.25, 0.3) is 11.8 Å². The maximum Gasteiger partial charge on any atom is 0.256 e. The molecule has 2 amide bonds. The largest absolute Gasteiger partial charge is 0.365 e. The van der Waals surface area contributed by atoms with E-state index in [1.54, 1.807) is 0 Å². The Morgan fingerprint density at radius 2 is 1.74 bits per heavy atom. The molecular weight excluding hydrogens is 308 g/mol. The van der Waals surface area contributed by atoms with Gasteiger partial charge >= 0.3 is 0 Å². The number of benzene rings is 1. The number of anilines is 1. The van der Waals surface area contributed by atoms with Crippen LogP contribution < -0.4 is 11.1 Å². The highest BCUT2D eigenvalue weighted by Gasteiger charge is 2.25. The Morgan fingerprint density at radius 3 is 2.39 bits per heavy atom. The van der Waals surface area contributed by atoms with Crippen LogP contribution in [-0.2, 0) is 12.8 Å². The average molecular weight is 328 g/mol. The molecule has 0 bridgehead atoms. The molecule has 3 N–H and O–H groups in total. The van der Waals surface area contributed by atoms with E-state index in [0.717, 1.165) is 42.4 Å². The van der Waals surface area contributed by atoms with Crippen molar-refractivity contribution in [2.75, 3.05) is 5.32 Å². The quantitative estimate of drug-likeness (QED) is 0.903. The summed E-state index contributed by atoms with van der Waals surface area (Å²) in [5.41, 5.74) is 9.77. The third kappa shape index (κ3) is 3.15. The van der Waals surface area contributed by atoms with Gasteiger partial charge in [0.15, 0.2) is 0 Å². The highest BCUT2D eigenvalue weighted by molar-refractivity contribution is 7.17. The molecule has 5 heteroatoms. The van der Waals surface area contributed by atoms with Gasteiger partial charge in [-0.2, -0.15) is 0 Å². The maximum atomic E-state index is 12.5. The van der Waals surface area contributed by atoms with Crippen LogP contribution in [0.1, 0.15) is 55.1 Å². The van der Waals surface area contributed by atoms with E-state index in [4.69, 9.17) is 5.73 Å². The van der Waals surface area contributed by atoms with Crippen LogP contribution in [0.15, 0.2) is 18.2 Å². The minimum Gasteiger partial charge on any atom is -0.365 e. The molecule has 0 fully saturated rings. The summed E-state index contributed by atoms with van der Waals surface area (Å²) in [4.78, 5) is 25.6. The van der Waals surface area contributed by atoms with Crippen molar-refractivity contribution in [3.8, 4) is 0 Å². The van der Waals surface area contributed by atoms with Crippen molar-refractivity contribution >= 4 is 28.2 Å². The topological polar surface area (TPSA) is 72.2 Å². The van der Waals surface area contributed by atoms with Crippen LogP contribution in [0, 0.1) is 13.8 Å². The molecule has 0 saturated carbocycles. The first-order valence-electron chi connectivity index (χ1n) is 7.79. The first kappa shape index (κ1) is 15.7. The van der Waals surface area contributed by atoms with Crippen LogP contribution in [0.3, 0.4) is 0 Å². The minimum atomic E-state index is -0.458. The molecule has 2 aromatic rings. The summed E-state index contributed by atoms with van der Waals surface area (Å²) in [6, 6.07) is 5.72. The van der Waals surface area contributed by atoms with Crippen molar-refractivity contribution in [3.05, 3.63) is 50.9 Å². The number of hydrogen-bond donors (Lipinski definition) is 2. The lowest BCUT2D eigenvalue weighted by atomic mass is 9.95. The van der Waals surface area contributed by atoms with Crippen LogP contribution in [0.5, 0.6) is 0 Å². The van der Waals surface area contributed by atoms with Gasteiger partial charge in [0.2, 0.25) is 0 Å². The number of fused-ring (bicyclic) bond motifs is 1. The Balaban J connectivity index is 1.94. The SMILES string of the molecule is Cc1cc(C)cc(C(=O)Nc2sc3c(c2C(N)=O)CCCC3)c1. The second kappa shape index (κ2) is 6.16. The number of amides is 2. The van der Waals surface area contributed by atoms with Crippen LogP contribution in [-0.4, -0.2) is 11.8 Å². The lowest BCUT2D eigenvalue weighted by Gasteiger charge is -2.11. The monoisotopic (exact) mass is 328 g/mol. The number of hydrogen-bond acceptors (Lipinski definition) is 3. The molecule has 1 heterocycles. The standard InChI is InChI=1S/C18H20N2O2S/c1-10-7-11(2)9-12(8-10)17(22)20-18-15(16(19)21)13-5-3-4-6-14(13)23-18/h7-9H,3-6H2,1-2H3,(H2,19,21)(H,20,22). The Morgan fingerprint density at radius 1 is 1.09 bits per heavy atom. The first-order valence-corrected chi connectivity index (χ1v) is 8.61. The van der Waals surface area contributed by atoms with Gasteiger partial charge in [-0.05, 0) is 57.2 Å². The number of nitrogens with one attached hydrogen (secondary N) is 1. The first-order chi connectivity index (χ1) is 11.0. The number of carbonyl (C=O) groups is 2. The van der Waals surface area contributed by atoms with E-state index in [0.29, 0.717) is 16.1 Å². The number of rotatable bonds is 3. The molecular formula is C18H20N2O2S. The Hall–Kier alpha value is -2.14. The molecule has 0 atom stereocenters. The molecule has 0 radical (unpaired) electrons. The fourth-order valence-electron chi connectivity index (χ4n) is 3.20. The zero-order valence-corrected chi connectivity index (χ0v) is 14.2. The van der Waals surface area contributed by atoms with Gasteiger partial charge in [0, 0.05) is 10.4 Å². The second-order valence-electron chi connectivity index (χ2n) is 6.11. The van der Waals surface area contributed by atoms with Crippen LogP contribution in [0.2, 0.25) is 0 Å². The van der Waals surface area contributed by atoms with Crippen molar-refractivity contribution in [1.29, 1.82) is 0 Å². The molecule has 23 heavy (non-hydrogen) atoms. The van der Waals surface area contributed by atoms with Gasteiger partial charge < -0.3 is 11.1 Å². The fourth-order valence-corrected chi connectivity index (χ4v) is 4.49. The highest BCUT2D eigenvalue weighted by atomic mass is 32.1. The van der Waals surface area contributed by atoms with Crippen LogP contribution in [0.25, 0.3) is 0 Å². The molecule has 120 valence electrons. The van der Waals surface area contributed by atoms with E-state index in [1.165, 1.54) is 16.2 Å². The molecule has 1 aliphatic rings. The molecule has 1 aromatic heterocycles. The third-order valence-corrected chi connectivity index (χ3v) is 5.34. The van der Waals surface area contributed by atoms with Crippen molar-refractivity contribution in [2.24, 2.45) is 5.73 Å². The van der Waals surface area contributed by atoms with Gasteiger partial charge in [-0.25, -0.2) is 0 Å². The molecule has 3 rings (SSSR count). The van der Waals surface area contributed by atoms with E-state index in [2.05, 4.69) is 5.32 Å². The summed E-state index contributed by atoms with van der Waals surface area (Å²) in [5, 5.41) is 3.49. The number of carbonyl (C=O) groups excluding carboxylic acids is 2. The molecule has 0 aliphatic heterocycles. The summed E-state index contributed by atoms with van der Waals surface area (Å²) < 4.78 is 0. The minimum absolute atomic E-state index is 0.196. The molecule has 0 saturated heterocycles. The maximum absolute atomic E-state index is 12.5. The summed E-state index contributed by atoms with van der Waals surface area (Å²) in [5.74, 6) is -0.655. The van der Waals surface area contributed by atoms with Crippen molar-refractivity contribution < 1.29 is 9.59 Å². The van der Waals surface area contributed by atoms with Gasteiger partial charge in [-0.1, -0.05) is 17.2 Å². The molecule has 0 unspecified atom stereocenters. The highest BCUT2D eigenvalue weighted by Crippen LogP contribution is 2.38. The van der Waals surface area contributed by atoms with Gasteiger partial charge in [-0.15, -0.1) is 11.3 Å². The third-order valence-electron chi connectivity index (χ3n) is 4.13. The van der Waals surface area contributed by atoms with E-state index in [1.807, 2.05) is 32.0 Å². The van der Waals surface area contributed by atoms with Crippen molar-refractivity contribution in [1.82, 2.24) is 0 Å². The predicted octanol–water partition coefficient (Wildman–Crippen LogP) is 3.59. The Labute approximate surface area is 139 Å². The number of nitrogens with two attached hydrogens (primary N) is 1. The van der Waals surface area contributed by atoms with E-state index >= 15 is 0 Å². The van der Waals surface area contributed by atoms with Crippen molar-refractivity contribution in [3.63, 3.8) is 0 Å². The molecule has 0 spiro atoms. The summed E-state index contributed by atoms with van der Waals surface area (Å²) in [7, 11) is 0. The molecule has 4 nitrogen and oxygen atoms in total. The van der Waals surface area contributed by atoms with Gasteiger partial charge in [0.1, 0.15) is 5.00 Å². The van der Waals surface area contributed by atoms with Crippen LogP contribution in [0.4, 0.5) is 5.00 Å². The number of aryl methyl sites for hydroxylation is 3. The average Bonchev–Trinajstić information content (AvgIpc) is 2.84. The van der Waals surface area contributed by atoms with E-state index in [9.17, 15) is 9.59 Å². The molecule has 1 aromatic carbocycles. The van der Waals surface area contributed by atoms with Gasteiger partial charge in [0.05, 0.1) is 5.56 Å². The van der Waals surface area contributed by atoms with E-state index in [-0.39, 0.29) is 5.91 Å². The zero-order chi connectivity index (χ0) is 16.6. The van der Waals surface area contributed by atoms with Gasteiger partial charge in [-0.3, -0.25) is 9.59 Å². The van der Waals surface area contributed by atoms with Crippen molar-refractivity contribution in [2.45, 2.75) is 39.5 Å².